The first-order valence-electron chi connectivity index (χ1n) is 9.88. The Kier molecular flexibility index (Phi) is 5.56. The lowest BCUT2D eigenvalue weighted by Gasteiger charge is -2.43. The SMILES string of the molecule is Cc1ccc(CC2CCN(C(=O)[C@H]3C[C@@](C)(O)C3)CC2)nc1OC(C)C. The zero-order valence-corrected chi connectivity index (χ0v) is 16.5. The quantitative estimate of drug-likeness (QED) is 0.876. The van der Waals surface area contributed by atoms with E-state index in [9.17, 15) is 9.90 Å². The van der Waals surface area contributed by atoms with Gasteiger partial charge in [-0.05, 0) is 71.8 Å². The predicted molar refractivity (Wildman–Crippen MR) is 101 cm³/mol. The van der Waals surface area contributed by atoms with Crippen molar-refractivity contribution in [3.63, 3.8) is 0 Å². The van der Waals surface area contributed by atoms with Crippen molar-refractivity contribution in [2.45, 2.75) is 71.5 Å². The number of carbonyl (C=O) groups is 1. The number of nitrogens with zero attached hydrogens (tertiary/aromatic N) is 2. The van der Waals surface area contributed by atoms with E-state index in [4.69, 9.17) is 9.72 Å². The van der Waals surface area contributed by atoms with Crippen molar-refractivity contribution < 1.29 is 14.6 Å². The Hall–Kier alpha value is -1.62. The van der Waals surface area contributed by atoms with Crippen molar-refractivity contribution in [2.75, 3.05) is 13.1 Å². The maximum Gasteiger partial charge on any atom is 0.225 e. The smallest absolute Gasteiger partial charge is 0.225 e. The molecule has 1 aliphatic carbocycles. The summed E-state index contributed by atoms with van der Waals surface area (Å²) >= 11 is 0. The van der Waals surface area contributed by atoms with E-state index in [1.54, 1.807) is 0 Å². The Morgan fingerprint density at radius 2 is 2.00 bits per heavy atom. The summed E-state index contributed by atoms with van der Waals surface area (Å²) in [5, 5.41) is 9.85. The van der Waals surface area contributed by atoms with Crippen LogP contribution in [-0.4, -0.2) is 45.7 Å². The van der Waals surface area contributed by atoms with Gasteiger partial charge in [0.1, 0.15) is 0 Å². The van der Waals surface area contributed by atoms with Crippen LogP contribution in [0, 0.1) is 18.8 Å². The van der Waals surface area contributed by atoms with Gasteiger partial charge in [-0.25, -0.2) is 4.98 Å². The van der Waals surface area contributed by atoms with E-state index in [0.29, 0.717) is 18.8 Å². The van der Waals surface area contributed by atoms with Crippen molar-refractivity contribution in [1.82, 2.24) is 9.88 Å². The lowest BCUT2D eigenvalue weighted by molar-refractivity contribution is -0.151. The Balaban J connectivity index is 1.50. The summed E-state index contributed by atoms with van der Waals surface area (Å²) in [6.45, 7) is 9.52. The summed E-state index contributed by atoms with van der Waals surface area (Å²) in [4.78, 5) is 19.2. The molecule has 2 fully saturated rings. The number of hydrogen-bond acceptors (Lipinski definition) is 4. The van der Waals surface area contributed by atoms with Crippen LogP contribution in [0.25, 0.3) is 0 Å². The fraction of sp³-hybridized carbons (Fsp3) is 0.714. The fourth-order valence-corrected chi connectivity index (χ4v) is 4.09. The van der Waals surface area contributed by atoms with E-state index in [2.05, 4.69) is 12.1 Å². The number of hydrogen-bond donors (Lipinski definition) is 1. The summed E-state index contributed by atoms with van der Waals surface area (Å²) < 4.78 is 5.80. The molecule has 0 bridgehead atoms. The van der Waals surface area contributed by atoms with Crippen molar-refractivity contribution in [1.29, 1.82) is 0 Å². The number of ether oxygens (including phenoxy) is 1. The zero-order chi connectivity index (χ0) is 18.9. The molecule has 0 unspecified atom stereocenters. The molecule has 1 N–H and O–H groups in total. The number of aryl methyl sites for hydroxylation is 1. The van der Waals surface area contributed by atoms with Crippen LogP contribution in [0.5, 0.6) is 5.88 Å². The molecule has 0 spiro atoms. The molecule has 0 atom stereocenters. The number of likely N-dealkylation sites (tertiary alicyclic amines) is 1. The van der Waals surface area contributed by atoms with Gasteiger partial charge < -0.3 is 14.7 Å². The molecule has 5 heteroatoms. The highest BCUT2D eigenvalue weighted by Crippen LogP contribution is 2.39. The normalized spacial score (nSPS) is 26.7. The van der Waals surface area contributed by atoms with Gasteiger partial charge in [-0.2, -0.15) is 0 Å². The van der Waals surface area contributed by atoms with Crippen molar-refractivity contribution in [3.8, 4) is 5.88 Å². The van der Waals surface area contributed by atoms with Crippen LogP contribution >= 0.6 is 0 Å². The third-order valence-electron chi connectivity index (χ3n) is 5.60. The molecule has 2 heterocycles. The summed E-state index contributed by atoms with van der Waals surface area (Å²) in [7, 11) is 0. The van der Waals surface area contributed by atoms with Gasteiger partial charge in [-0.3, -0.25) is 4.79 Å². The van der Waals surface area contributed by atoms with Gasteiger partial charge in [0, 0.05) is 30.3 Å². The zero-order valence-electron chi connectivity index (χ0n) is 16.5. The van der Waals surface area contributed by atoms with Crippen LogP contribution in [0.3, 0.4) is 0 Å². The molecule has 1 aromatic heterocycles. The van der Waals surface area contributed by atoms with Crippen molar-refractivity contribution in [2.24, 2.45) is 11.8 Å². The minimum absolute atomic E-state index is 0.0241. The van der Waals surface area contributed by atoms with Gasteiger partial charge in [-0.15, -0.1) is 0 Å². The molecule has 1 amide bonds. The molecule has 26 heavy (non-hydrogen) atoms. The Labute approximate surface area is 156 Å². The van der Waals surface area contributed by atoms with Gasteiger partial charge in [0.25, 0.3) is 0 Å². The largest absolute Gasteiger partial charge is 0.475 e. The van der Waals surface area contributed by atoms with Crippen molar-refractivity contribution in [3.05, 3.63) is 23.4 Å². The molecule has 1 aromatic rings. The van der Waals surface area contributed by atoms with Gasteiger partial charge in [0.15, 0.2) is 0 Å². The summed E-state index contributed by atoms with van der Waals surface area (Å²) in [6, 6.07) is 4.18. The van der Waals surface area contributed by atoms with Crippen LogP contribution in [0.15, 0.2) is 12.1 Å². The lowest BCUT2D eigenvalue weighted by atomic mass is 9.71. The molecule has 2 aliphatic rings. The van der Waals surface area contributed by atoms with E-state index >= 15 is 0 Å². The number of rotatable bonds is 5. The standard InChI is InChI=1S/C21H32N2O3/c1-14(2)26-19-15(3)5-6-18(22-19)11-16-7-9-23(10-8-16)20(24)17-12-21(4,25)13-17/h5-6,14,16-17,25H,7-13H2,1-4H3/t17-,21+. The highest BCUT2D eigenvalue weighted by molar-refractivity contribution is 5.80. The monoisotopic (exact) mass is 360 g/mol. The molecule has 0 aromatic carbocycles. The molecule has 0 radical (unpaired) electrons. The predicted octanol–water partition coefficient (Wildman–Crippen LogP) is 3.12. The molecule has 3 rings (SSSR count). The second kappa shape index (κ2) is 7.55. The van der Waals surface area contributed by atoms with Crippen LogP contribution in [-0.2, 0) is 11.2 Å². The number of aromatic nitrogens is 1. The summed E-state index contributed by atoms with van der Waals surface area (Å²) in [5.74, 6) is 1.56. The highest BCUT2D eigenvalue weighted by Gasteiger charge is 2.44. The third kappa shape index (κ3) is 4.56. The summed E-state index contributed by atoms with van der Waals surface area (Å²) in [6.07, 6.45) is 4.32. The number of amides is 1. The molecule has 5 nitrogen and oxygen atoms in total. The maximum atomic E-state index is 12.5. The number of pyridine rings is 1. The Bertz CT molecular complexity index is 641. The molecule has 1 aliphatic heterocycles. The molecular formula is C21H32N2O3. The second-order valence-electron chi connectivity index (χ2n) is 8.67. The molecular weight excluding hydrogens is 328 g/mol. The Morgan fingerprint density at radius 3 is 2.58 bits per heavy atom. The number of carbonyl (C=O) groups excluding carboxylic acids is 1. The maximum absolute atomic E-state index is 12.5. The van der Waals surface area contributed by atoms with E-state index in [-0.39, 0.29) is 17.9 Å². The van der Waals surface area contributed by atoms with Crippen LogP contribution in [0.1, 0.15) is 57.7 Å². The van der Waals surface area contributed by atoms with Gasteiger partial charge >= 0.3 is 0 Å². The van der Waals surface area contributed by atoms with E-state index < -0.39 is 5.60 Å². The van der Waals surface area contributed by atoms with E-state index in [1.807, 2.05) is 32.6 Å². The van der Waals surface area contributed by atoms with E-state index in [1.165, 1.54) is 0 Å². The van der Waals surface area contributed by atoms with Crippen LogP contribution in [0.2, 0.25) is 0 Å². The van der Waals surface area contributed by atoms with E-state index in [0.717, 1.165) is 49.5 Å². The first-order chi connectivity index (χ1) is 12.2. The molecule has 1 saturated heterocycles. The third-order valence-corrected chi connectivity index (χ3v) is 5.60. The fourth-order valence-electron chi connectivity index (χ4n) is 4.09. The highest BCUT2D eigenvalue weighted by atomic mass is 16.5. The van der Waals surface area contributed by atoms with Crippen LogP contribution in [0.4, 0.5) is 0 Å². The van der Waals surface area contributed by atoms with Gasteiger partial charge in [0.05, 0.1) is 11.7 Å². The molecule has 1 saturated carbocycles. The summed E-state index contributed by atoms with van der Waals surface area (Å²) in [5.41, 5.74) is 1.51. The minimum Gasteiger partial charge on any atom is -0.475 e. The second-order valence-corrected chi connectivity index (χ2v) is 8.67. The number of aliphatic hydroxyl groups is 1. The van der Waals surface area contributed by atoms with Gasteiger partial charge in [-0.1, -0.05) is 6.07 Å². The molecule has 144 valence electrons. The lowest BCUT2D eigenvalue weighted by Crippen LogP contribution is -2.51. The van der Waals surface area contributed by atoms with Gasteiger partial charge in [0.2, 0.25) is 11.8 Å². The number of piperidine rings is 1. The first kappa shape index (κ1) is 19.2. The average molecular weight is 360 g/mol. The first-order valence-corrected chi connectivity index (χ1v) is 9.88. The van der Waals surface area contributed by atoms with Crippen molar-refractivity contribution >= 4 is 5.91 Å². The van der Waals surface area contributed by atoms with Crippen LogP contribution < -0.4 is 4.74 Å². The average Bonchev–Trinajstić information content (AvgIpc) is 2.55. The Morgan fingerprint density at radius 1 is 1.35 bits per heavy atom. The topological polar surface area (TPSA) is 62.7 Å². The minimum atomic E-state index is -0.633.